The number of rotatable bonds is 3. The second-order valence-electron chi connectivity index (χ2n) is 7.19. The number of hydrogen-bond donors (Lipinski definition) is 2. The molecule has 0 spiro atoms. The molecule has 0 saturated heterocycles. The molecule has 1 aromatic rings. The van der Waals surface area contributed by atoms with Crippen LogP contribution < -0.4 is 10.6 Å². The Morgan fingerprint density at radius 1 is 0.960 bits per heavy atom. The van der Waals surface area contributed by atoms with Crippen molar-refractivity contribution in [2.75, 3.05) is 5.32 Å². The van der Waals surface area contributed by atoms with E-state index in [0.717, 1.165) is 5.69 Å². The summed E-state index contributed by atoms with van der Waals surface area (Å²) in [6.07, 6.45) is 14.5. The van der Waals surface area contributed by atoms with E-state index < -0.39 is 0 Å². The van der Waals surface area contributed by atoms with E-state index in [9.17, 15) is 4.79 Å². The fourth-order valence-corrected chi connectivity index (χ4v) is 3.76. The van der Waals surface area contributed by atoms with Crippen molar-refractivity contribution in [1.82, 2.24) is 5.32 Å². The first-order valence-corrected chi connectivity index (χ1v) is 10.2. The second-order valence-corrected chi connectivity index (χ2v) is 7.60. The minimum Gasteiger partial charge on any atom is -0.360 e. The zero-order valence-corrected chi connectivity index (χ0v) is 16.3. The Hall–Kier alpha value is -1.42. The molecule has 0 bridgehead atoms. The van der Waals surface area contributed by atoms with E-state index in [1.54, 1.807) is 6.92 Å². The fourth-order valence-electron chi connectivity index (χ4n) is 3.48. The molecule has 3 nitrogen and oxygen atoms in total. The predicted molar refractivity (Wildman–Crippen MR) is 110 cm³/mol. The van der Waals surface area contributed by atoms with E-state index in [4.69, 9.17) is 12.2 Å². The molecule has 0 aliphatic heterocycles. The van der Waals surface area contributed by atoms with E-state index in [2.05, 4.69) is 10.6 Å². The van der Waals surface area contributed by atoms with Gasteiger partial charge in [-0.15, -0.1) is 0 Å². The summed E-state index contributed by atoms with van der Waals surface area (Å²) in [5.74, 6) is 0.0712. The molecular formula is C21H32N2OS. The molecule has 2 rings (SSSR count). The Kier molecular flexibility index (Phi) is 8.95. The van der Waals surface area contributed by atoms with Gasteiger partial charge in [0.15, 0.2) is 10.9 Å². The first-order chi connectivity index (χ1) is 12.1. The van der Waals surface area contributed by atoms with Gasteiger partial charge in [0, 0.05) is 17.3 Å². The number of anilines is 1. The summed E-state index contributed by atoms with van der Waals surface area (Å²) >= 11 is 5.51. The SMILES string of the molecule is CC(=O)c1cccc(NC(=S)NC2CCCCCCCCCCC2)c1. The average molecular weight is 361 g/mol. The van der Waals surface area contributed by atoms with Gasteiger partial charge in [0.2, 0.25) is 0 Å². The zero-order chi connectivity index (χ0) is 17.9. The molecule has 0 unspecified atom stereocenters. The van der Waals surface area contributed by atoms with Crippen molar-refractivity contribution >= 4 is 28.8 Å². The van der Waals surface area contributed by atoms with E-state index in [-0.39, 0.29) is 5.78 Å². The first-order valence-electron chi connectivity index (χ1n) is 9.83. The van der Waals surface area contributed by atoms with Crippen LogP contribution in [0.4, 0.5) is 5.69 Å². The Labute approximate surface area is 158 Å². The van der Waals surface area contributed by atoms with Gasteiger partial charge in [0.25, 0.3) is 0 Å². The molecule has 1 saturated carbocycles. The summed E-state index contributed by atoms with van der Waals surface area (Å²) in [6, 6.07) is 7.98. The summed E-state index contributed by atoms with van der Waals surface area (Å²) in [4.78, 5) is 11.5. The Bertz CT molecular complexity index is 547. The zero-order valence-electron chi connectivity index (χ0n) is 15.5. The topological polar surface area (TPSA) is 41.1 Å². The summed E-state index contributed by atoms with van der Waals surface area (Å²) in [6.45, 7) is 1.58. The molecule has 138 valence electrons. The minimum atomic E-state index is 0.0712. The maximum Gasteiger partial charge on any atom is 0.170 e. The van der Waals surface area contributed by atoms with Gasteiger partial charge < -0.3 is 10.6 Å². The Morgan fingerprint density at radius 3 is 2.08 bits per heavy atom. The molecular weight excluding hydrogens is 328 g/mol. The maximum atomic E-state index is 11.5. The third-order valence-corrected chi connectivity index (χ3v) is 5.19. The molecule has 1 aromatic carbocycles. The van der Waals surface area contributed by atoms with Crippen molar-refractivity contribution in [1.29, 1.82) is 0 Å². The molecule has 0 radical (unpaired) electrons. The van der Waals surface area contributed by atoms with Crippen molar-refractivity contribution in [3.63, 3.8) is 0 Å². The molecule has 1 aliphatic carbocycles. The Balaban J connectivity index is 1.85. The summed E-state index contributed by atoms with van der Waals surface area (Å²) < 4.78 is 0. The monoisotopic (exact) mass is 360 g/mol. The van der Waals surface area contributed by atoms with Gasteiger partial charge in [-0.1, -0.05) is 69.9 Å². The van der Waals surface area contributed by atoms with Crippen LogP contribution >= 0.6 is 12.2 Å². The van der Waals surface area contributed by atoms with Crippen LogP contribution in [0.3, 0.4) is 0 Å². The van der Waals surface area contributed by atoms with Crippen molar-refractivity contribution < 1.29 is 4.79 Å². The third kappa shape index (κ3) is 8.00. The highest BCUT2D eigenvalue weighted by Crippen LogP contribution is 2.17. The smallest absolute Gasteiger partial charge is 0.170 e. The van der Waals surface area contributed by atoms with E-state index >= 15 is 0 Å². The van der Waals surface area contributed by atoms with Crippen LogP contribution in [-0.4, -0.2) is 16.9 Å². The normalized spacial score (nSPS) is 17.8. The number of ketones is 1. The van der Waals surface area contributed by atoms with Crippen molar-refractivity contribution in [2.24, 2.45) is 0 Å². The van der Waals surface area contributed by atoms with Gasteiger partial charge in [0.05, 0.1) is 0 Å². The van der Waals surface area contributed by atoms with Crippen LogP contribution in [0.2, 0.25) is 0 Å². The van der Waals surface area contributed by atoms with Crippen LogP contribution in [0.5, 0.6) is 0 Å². The minimum absolute atomic E-state index is 0.0712. The molecule has 2 N–H and O–H groups in total. The van der Waals surface area contributed by atoms with Gasteiger partial charge in [0.1, 0.15) is 0 Å². The molecule has 0 aromatic heterocycles. The third-order valence-electron chi connectivity index (χ3n) is 4.97. The summed E-state index contributed by atoms with van der Waals surface area (Å²) in [5, 5.41) is 7.41. The molecule has 0 atom stereocenters. The highest BCUT2D eigenvalue weighted by atomic mass is 32.1. The fraction of sp³-hybridized carbons (Fsp3) is 0.619. The average Bonchev–Trinajstić information content (AvgIpc) is 2.57. The van der Waals surface area contributed by atoms with Gasteiger partial charge in [-0.25, -0.2) is 0 Å². The van der Waals surface area contributed by atoms with Crippen LogP contribution in [0, 0.1) is 0 Å². The number of Topliss-reactive ketones (excluding diaryl/α,β-unsaturated/α-hetero) is 1. The number of benzene rings is 1. The van der Waals surface area contributed by atoms with Gasteiger partial charge >= 0.3 is 0 Å². The molecule has 0 amide bonds. The van der Waals surface area contributed by atoms with Gasteiger partial charge in [-0.3, -0.25) is 4.79 Å². The maximum absolute atomic E-state index is 11.5. The second kappa shape index (κ2) is 11.2. The lowest BCUT2D eigenvalue weighted by molar-refractivity contribution is 0.101. The van der Waals surface area contributed by atoms with E-state index in [0.29, 0.717) is 16.7 Å². The quantitative estimate of drug-likeness (QED) is 0.524. The van der Waals surface area contributed by atoms with Crippen LogP contribution in [0.15, 0.2) is 24.3 Å². The first kappa shape index (κ1) is 19.9. The molecule has 4 heteroatoms. The van der Waals surface area contributed by atoms with Crippen molar-refractivity contribution in [2.45, 2.75) is 83.6 Å². The predicted octanol–water partition coefficient (Wildman–Crippen LogP) is 5.85. The Morgan fingerprint density at radius 2 is 1.52 bits per heavy atom. The van der Waals surface area contributed by atoms with Crippen molar-refractivity contribution in [3.05, 3.63) is 29.8 Å². The number of carbonyl (C=O) groups excluding carboxylic acids is 1. The lowest BCUT2D eigenvalue weighted by Gasteiger charge is -2.21. The lowest BCUT2D eigenvalue weighted by atomic mass is 9.98. The van der Waals surface area contributed by atoms with Crippen LogP contribution in [-0.2, 0) is 0 Å². The number of carbonyl (C=O) groups is 1. The number of hydrogen-bond acceptors (Lipinski definition) is 2. The summed E-state index contributed by atoms with van der Waals surface area (Å²) in [5.41, 5.74) is 1.58. The molecule has 25 heavy (non-hydrogen) atoms. The van der Waals surface area contributed by atoms with Crippen LogP contribution in [0.25, 0.3) is 0 Å². The van der Waals surface area contributed by atoms with Gasteiger partial charge in [-0.05, 0) is 44.1 Å². The molecule has 1 fully saturated rings. The standard InChI is InChI=1S/C21H32N2OS/c1-17(24)18-12-11-15-20(16-18)23-21(25)22-19-13-9-7-5-3-2-4-6-8-10-14-19/h11-12,15-16,19H,2-10,13-14H2,1H3,(H2,22,23,25). The van der Waals surface area contributed by atoms with Gasteiger partial charge in [-0.2, -0.15) is 0 Å². The van der Waals surface area contributed by atoms with Crippen LogP contribution in [0.1, 0.15) is 87.9 Å². The van der Waals surface area contributed by atoms with Crippen molar-refractivity contribution in [3.8, 4) is 0 Å². The summed E-state index contributed by atoms with van der Waals surface area (Å²) in [7, 11) is 0. The molecule has 0 heterocycles. The number of nitrogens with one attached hydrogen (secondary N) is 2. The largest absolute Gasteiger partial charge is 0.360 e. The highest BCUT2D eigenvalue weighted by molar-refractivity contribution is 7.80. The number of thiocarbonyl (C=S) groups is 1. The van der Waals surface area contributed by atoms with E-state index in [1.165, 1.54) is 70.6 Å². The van der Waals surface area contributed by atoms with E-state index in [1.807, 2.05) is 24.3 Å². The lowest BCUT2D eigenvalue weighted by Crippen LogP contribution is -2.37. The highest BCUT2D eigenvalue weighted by Gasteiger charge is 2.11. The molecule has 1 aliphatic rings.